The summed E-state index contributed by atoms with van der Waals surface area (Å²) in [6.45, 7) is 0. The zero-order chi connectivity index (χ0) is 46.8. The summed E-state index contributed by atoms with van der Waals surface area (Å²) in [6, 6.07) is 85.4. The number of para-hydroxylation sites is 2. The molecule has 3 aromatic heterocycles. The Morgan fingerprint density at radius 3 is 1.49 bits per heavy atom. The summed E-state index contributed by atoms with van der Waals surface area (Å²) in [5, 5.41) is 7.75. The van der Waals surface area contributed by atoms with E-state index in [-0.39, 0.29) is 5.92 Å². The fourth-order valence-corrected chi connectivity index (χ4v) is 14.3. The molecule has 0 N–H and O–H groups in total. The van der Waals surface area contributed by atoms with Gasteiger partial charge in [0, 0.05) is 89.9 Å². The monoisotopic (exact) mass is 960 g/mol. The molecule has 0 fully saturated rings. The van der Waals surface area contributed by atoms with Crippen molar-refractivity contribution in [3.05, 3.63) is 260 Å². The predicted molar refractivity (Wildman–Crippen MR) is 311 cm³/mol. The maximum absolute atomic E-state index is 2.52. The van der Waals surface area contributed by atoms with Gasteiger partial charge in [0.15, 0.2) is 0 Å². The Morgan fingerprint density at radius 1 is 0.352 bits per heavy atom. The molecule has 0 spiro atoms. The van der Waals surface area contributed by atoms with Gasteiger partial charge >= 0.3 is 0 Å². The third-order valence-electron chi connectivity index (χ3n) is 14.2. The smallest absolute Gasteiger partial charge is 0.0640 e. The van der Waals surface area contributed by atoms with Crippen LogP contribution in [0.3, 0.4) is 0 Å². The maximum Gasteiger partial charge on any atom is 0.0640 e. The zero-order valence-electron chi connectivity index (χ0n) is 38.6. The van der Waals surface area contributed by atoms with Gasteiger partial charge in [-0.3, -0.25) is 0 Å². The van der Waals surface area contributed by atoms with E-state index >= 15 is 0 Å². The fraction of sp³-hybridized carbons (Fsp3) is 0.0303. The Balaban J connectivity index is 0.962. The number of anilines is 6. The minimum absolute atomic E-state index is 0.258. The molecule has 5 heteroatoms. The Labute approximate surface area is 424 Å². The van der Waals surface area contributed by atoms with Crippen molar-refractivity contribution >= 4 is 134 Å². The van der Waals surface area contributed by atoms with Gasteiger partial charge in [-0.15, -0.1) is 34.0 Å². The van der Waals surface area contributed by atoms with Crippen molar-refractivity contribution in [3.8, 4) is 11.1 Å². The summed E-state index contributed by atoms with van der Waals surface area (Å²) in [6.07, 6.45) is 8.04. The van der Waals surface area contributed by atoms with E-state index in [0.29, 0.717) is 0 Å². The normalized spacial score (nSPS) is 13.7. The number of allylic oxidation sites excluding steroid dienone is 4. The van der Waals surface area contributed by atoms with Crippen LogP contribution in [0.4, 0.5) is 34.1 Å². The Kier molecular flexibility index (Phi) is 10.3. The fourth-order valence-electron chi connectivity index (χ4n) is 10.9. The van der Waals surface area contributed by atoms with Crippen molar-refractivity contribution < 1.29 is 0 Å². The van der Waals surface area contributed by atoms with Gasteiger partial charge in [0.2, 0.25) is 0 Å². The second kappa shape index (κ2) is 17.4. The van der Waals surface area contributed by atoms with Crippen LogP contribution >= 0.6 is 34.0 Å². The first-order valence-electron chi connectivity index (χ1n) is 24.3. The first-order valence-corrected chi connectivity index (χ1v) is 26.7. The molecule has 0 aliphatic heterocycles. The molecular formula is C66H44N2S3. The van der Waals surface area contributed by atoms with Crippen LogP contribution in [0.2, 0.25) is 0 Å². The SMILES string of the molecule is C1=CC(c2cccc(N(c3ccc4c(c3)sc3ccccc34)c3ccccc3-c3ccccc3N(c3ccc4c(c3)sc3ccccc34)c3cccc4c3sc3ccccc34)c2)CC=C1c1ccccc1. The second-order valence-electron chi connectivity index (χ2n) is 18.3. The highest BCUT2D eigenvalue weighted by molar-refractivity contribution is 7.27. The van der Waals surface area contributed by atoms with E-state index in [9.17, 15) is 0 Å². The molecule has 0 saturated carbocycles. The molecule has 0 bridgehead atoms. The third-order valence-corrected chi connectivity index (χ3v) is 17.7. The van der Waals surface area contributed by atoms with Crippen LogP contribution < -0.4 is 9.80 Å². The number of fused-ring (bicyclic) bond motifs is 9. The lowest BCUT2D eigenvalue weighted by Crippen LogP contribution is -2.14. The number of benzene rings is 10. The number of thiophene rings is 3. The lowest BCUT2D eigenvalue weighted by molar-refractivity contribution is 0.856. The average Bonchev–Trinajstić information content (AvgIpc) is 4.13. The van der Waals surface area contributed by atoms with Gasteiger partial charge in [0.1, 0.15) is 0 Å². The van der Waals surface area contributed by atoms with Crippen LogP contribution in [-0.2, 0) is 0 Å². The quantitative estimate of drug-likeness (QED) is 0.142. The Morgan fingerprint density at radius 2 is 0.845 bits per heavy atom. The minimum Gasteiger partial charge on any atom is -0.310 e. The highest BCUT2D eigenvalue weighted by Crippen LogP contribution is 2.51. The first-order chi connectivity index (χ1) is 35.2. The van der Waals surface area contributed by atoms with Crippen LogP contribution in [0.1, 0.15) is 23.5 Å². The van der Waals surface area contributed by atoms with Crippen LogP contribution in [0, 0.1) is 0 Å². The molecule has 0 saturated heterocycles. The standard InChI is InChI=1S/C66H44N2S3/c1-2-16-43(17-3-1)44-32-34-45(35-33-44)46-18-14-19-47(40-46)67(48-36-38-55-52-22-6-11-29-61(52)69-64(55)41-48)58-26-9-4-20-50(58)51-21-5-10-27-59(51)68(49-37-39-56-53-23-7-12-30-62(53)70-65(56)42-49)60-28-15-25-57-54-24-8-13-31-63(54)71-66(57)60/h1-34,36-42,45H,35H2. The topological polar surface area (TPSA) is 6.48 Å². The summed E-state index contributed by atoms with van der Waals surface area (Å²) in [7, 11) is 0. The number of hydrogen-bond donors (Lipinski definition) is 0. The lowest BCUT2D eigenvalue weighted by atomic mass is 9.88. The Hall–Kier alpha value is -8.06. The molecule has 1 atom stereocenters. The number of nitrogens with zero attached hydrogens (tertiary/aromatic N) is 2. The zero-order valence-corrected chi connectivity index (χ0v) is 41.0. The van der Waals surface area contributed by atoms with Crippen LogP contribution in [-0.4, -0.2) is 0 Å². The highest BCUT2D eigenvalue weighted by atomic mass is 32.1. The van der Waals surface area contributed by atoms with Crippen molar-refractivity contribution in [1.82, 2.24) is 0 Å². The van der Waals surface area contributed by atoms with Gasteiger partial charge in [0.25, 0.3) is 0 Å². The molecule has 0 radical (unpaired) electrons. The average molecular weight is 961 g/mol. The Bertz CT molecular complexity index is 4250. The molecule has 14 rings (SSSR count). The second-order valence-corrected chi connectivity index (χ2v) is 21.6. The summed E-state index contributed by atoms with van der Waals surface area (Å²) in [5.41, 5.74) is 12.9. The van der Waals surface area contributed by atoms with Gasteiger partial charge in [-0.05, 0) is 95.9 Å². The molecule has 1 unspecified atom stereocenters. The van der Waals surface area contributed by atoms with E-state index in [1.807, 2.05) is 34.0 Å². The van der Waals surface area contributed by atoms with Gasteiger partial charge in [-0.1, -0.05) is 176 Å². The molecule has 13 aromatic rings. The highest BCUT2D eigenvalue weighted by Gasteiger charge is 2.26. The minimum atomic E-state index is 0.258. The van der Waals surface area contributed by atoms with Crippen molar-refractivity contribution in [1.29, 1.82) is 0 Å². The largest absolute Gasteiger partial charge is 0.310 e. The van der Waals surface area contributed by atoms with Crippen molar-refractivity contribution in [3.63, 3.8) is 0 Å². The van der Waals surface area contributed by atoms with Gasteiger partial charge in [-0.25, -0.2) is 0 Å². The number of hydrogen-bond acceptors (Lipinski definition) is 5. The van der Waals surface area contributed by atoms with E-state index in [1.165, 1.54) is 82.9 Å². The van der Waals surface area contributed by atoms with Gasteiger partial charge < -0.3 is 9.80 Å². The van der Waals surface area contributed by atoms with Crippen molar-refractivity contribution in [2.75, 3.05) is 9.80 Å². The van der Waals surface area contributed by atoms with Crippen molar-refractivity contribution in [2.24, 2.45) is 0 Å². The molecule has 3 heterocycles. The summed E-state index contributed by atoms with van der Waals surface area (Å²) in [5.74, 6) is 0.258. The molecular weight excluding hydrogens is 917 g/mol. The van der Waals surface area contributed by atoms with E-state index < -0.39 is 0 Å². The van der Waals surface area contributed by atoms with Crippen LogP contribution in [0.15, 0.2) is 249 Å². The summed E-state index contributed by atoms with van der Waals surface area (Å²) in [4.78, 5) is 5.02. The van der Waals surface area contributed by atoms with Crippen LogP contribution in [0.5, 0.6) is 0 Å². The first kappa shape index (κ1) is 41.9. The molecule has 1 aliphatic carbocycles. The molecule has 336 valence electrons. The summed E-state index contributed by atoms with van der Waals surface area (Å²) >= 11 is 5.61. The summed E-state index contributed by atoms with van der Waals surface area (Å²) < 4.78 is 7.72. The van der Waals surface area contributed by atoms with E-state index in [1.54, 1.807) is 0 Å². The molecule has 1 aliphatic rings. The number of rotatable bonds is 9. The van der Waals surface area contributed by atoms with Crippen molar-refractivity contribution in [2.45, 2.75) is 12.3 Å². The molecule has 10 aromatic carbocycles. The molecule has 0 amide bonds. The van der Waals surface area contributed by atoms with Crippen LogP contribution in [0.25, 0.3) is 77.2 Å². The van der Waals surface area contributed by atoms with E-state index in [2.05, 4.69) is 259 Å². The van der Waals surface area contributed by atoms with E-state index in [0.717, 1.165) is 46.0 Å². The van der Waals surface area contributed by atoms with Gasteiger partial charge in [0.05, 0.1) is 21.8 Å². The van der Waals surface area contributed by atoms with Gasteiger partial charge in [-0.2, -0.15) is 0 Å². The predicted octanol–water partition coefficient (Wildman–Crippen LogP) is 20.5. The van der Waals surface area contributed by atoms with E-state index in [4.69, 9.17) is 0 Å². The maximum atomic E-state index is 2.52. The third kappa shape index (κ3) is 7.27. The molecule has 2 nitrogen and oxygen atoms in total. The molecule has 71 heavy (non-hydrogen) atoms. The lowest BCUT2D eigenvalue weighted by Gasteiger charge is -2.31.